The molecule has 1 aliphatic rings. The molecule has 2 heterocycles. The van der Waals surface area contributed by atoms with Gasteiger partial charge in [0.2, 0.25) is 0 Å². The molecule has 1 fully saturated rings. The molecule has 0 bridgehead atoms. The molecule has 0 aliphatic carbocycles. The first-order valence-electron chi connectivity index (χ1n) is 8.79. The first kappa shape index (κ1) is 18.1. The first-order valence-corrected chi connectivity index (χ1v) is 9.67. The third kappa shape index (κ3) is 4.29. The highest BCUT2D eigenvalue weighted by molar-refractivity contribution is 7.10. The molecule has 1 amide bonds. The van der Waals surface area contributed by atoms with Crippen molar-refractivity contribution < 1.29 is 9.53 Å². The van der Waals surface area contributed by atoms with Crippen LogP contribution in [0.2, 0.25) is 0 Å². The summed E-state index contributed by atoms with van der Waals surface area (Å²) < 4.78 is 5.50. The van der Waals surface area contributed by atoms with Crippen LogP contribution in [-0.2, 0) is 4.74 Å². The summed E-state index contributed by atoms with van der Waals surface area (Å²) in [5.41, 5.74) is 3.07. The smallest absolute Gasteiger partial charge is 0.251 e. The van der Waals surface area contributed by atoms with Crippen molar-refractivity contribution in [1.29, 1.82) is 0 Å². The van der Waals surface area contributed by atoms with Gasteiger partial charge in [0.25, 0.3) is 5.91 Å². The minimum Gasteiger partial charge on any atom is -0.379 e. The maximum atomic E-state index is 12.7. The van der Waals surface area contributed by atoms with Crippen molar-refractivity contribution in [3.05, 3.63) is 57.3 Å². The van der Waals surface area contributed by atoms with E-state index in [-0.39, 0.29) is 18.0 Å². The van der Waals surface area contributed by atoms with Crippen LogP contribution < -0.4 is 5.32 Å². The van der Waals surface area contributed by atoms with Gasteiger partial charge >= 0.3 is 0 Å². The van der Waals surface area contributed by atoms with Gasteiger partial charge in [-0.2, -0.15) is 0 Å². The number of nitrogens with one attached hydrogen (secondary N) is 1. The van der Waals surface area contributed by atoms with E-state index in [0.717, 1.165) is 37.4 Å². The molecule has 1 N–H and O–H groups in total. The molecule has 134 valence electrons. The fourth-order valence-corrected chi connectivity index (χ4v) is 4.27. The summed E-state index contributed by atoms with van der Waals surface area (Å²) in [4.78, 5) is 16.4. The summed E-state index contributed by atoms with van der Waals surface area (Å²) in [5.74, 6) is -0.00887. The van der Waals surface area contributed by atoms with Crippen LogP contribution in [0, 0.1) is 13.8 Å². The lowest BCUT2D eigenvalue weighted by molar-refractivity contribution is 0.00969. The van der Waals surface area contributed by atoms with Gasteiger partial charge in [0.15, 0.2) is 0 Å². The number of benzene rings is 1. The zero-order chi connectivity index (χ0) is 17.8. The van der Waals surface area contributed by atoms with Crippen LogP contribution in [-0.4, -0.2) is 43.2 Å². The molecule has 1 aromatic carbocycles. The monoisotopic (exact) mass is 358 g/mol. The SMILES string of the molecule is Cc1ccc(C(=O)N[C@@H](C)[C@H](c2cccs2)N2CCOCC2)cc1C. The van der Waals surface area contributed by atoms with Crippen molar-refractivity contribution in [2.24, 2.45) is 0 Å². The average Bonchev–Trinajstić information content (AvgIpc) is 3.12. The van der Waals surface area contributed by atoms with Crippen LogP contribution in [0.5, 0.6) is 0 Å². The van der Waals surface area contributed by atoms with Crippen LogP contribution in [0.25, 0.3) is 0 Å². The number of aryl methyl sites for hydroxylation is 2. The summed E-state index contributed by atoms with van der Waals surface area (Å²) in [6.07, 6.45) is 0. The summed E-state index contributed by atoms with van der Waals surface area (Å²) in [6.45, 7) is 9.49. The number of morpholine rings is 1. The van der Waals surface area contributed by atoms with Gasteiger partial charge in [0.05, 0.1) is 19.3 Å². The normalized spacial score (nSPS) is 17.9. The molecule has 1 saturated heterocycles. The van der Waals surface area contributed by atoms with E-state index in [1.165, 1.54) is 10.4 Å². The summed E-state index contributed by atoms with van der Waals surface area (Å²) >= 11 is 1.75. The Morgan fingerprint density at radius 1 is 1.20 bits per heavy atom. The van der Waals surface area contributed by atoms with Crippen molar-refractivity contribution in [3.8, 4) is 0 Å². The standard InChI is InChI=1S/C20H26N2O2S/c1-14-6-7-17(13-15(14)2)20(23)21-16(3)19(18-5-4-12-25-18)22-8-10-24-11-9-22/h4-7,12-13,16,19H,8-11H2,1-3H3,(H,21,23)/t16-,19+/m0/s1. The van der Waals surface area contributed by atoms with Gasteiger partial charge in [0.1, 0.15) is 0 Å². The molecule has 5 heteroatoms. The van der Waals surface area contributed by atoms with Crippen LogP contribution >= 0.6 is 11.3 Å². The van der Waals surface area contributed by atoms with E-state index >= 15 is 0 Å². The van der Waals surface area contributed by atoms with Gasteiger partial charge in [-0.3, -0.25) is 9.69 Å². The lowest BCUT2D eigenvalue weighted by Gasteiger charge is -2.37. The second-order valence-electron chi connectivity index (χ2n) is 6.67. The Morgan fingerprint density at radius 2 is 1.96 bits per heavy atom. The molecule has 2 atom stereocenters. The topological polar surface area (TPSA) is 41.6 Å². The van der Waals surface area contributed by atoms with E-state index in [0.29, 0.717) is 0 Å². The number of amides is 1. The fraction of sp³-hybridized carbons (Fsp3) is 0.450. The Hall–Kier alpha value is -1.69. The first-order chi connectivity index (χ1) is 12.1. The number of carbonyl (C=O) groups excluding carboxylic acids is 1. The highest BCUT2D eigenvalue weighted by Gasteiger charge is 2.29. The fourth-order valence-electron chi connectivity index (χ4n) is 3.31. The molecule has 4 nitrogen and oxygen atoms in total. The number of hydrogen-bond donors (Lipinski definition) is 1. The van der Waals surface area contributed by atoms with E-state index < -0.39 is 0 Å². The lowest BCUT2D eigenvalue weighted by atomic mass is 10.0. The molecule has 2 aromatic rings. The Labute approximate surface area is 153 Å². The maximum Gasteiger partial charge on any atom is 0.251 e. The Bertz CT molecular complexity index is 708. The van der Waals surface area contributed by atoms with Gasteiger partial charge in [-0.15, -0.1) is 11.3 Å². The van der Waals surface area contributed by atoms with Gasteiger partial charge in [0, 0.05) is 29.6 Å². The predicted molar refractivity (Wildman–Crippen MR) is 102 cm³/mol. The molecule has 1 aromatic heterocycles. The molecule has 0 unspecified atom stereocenters. The van der Waals surface area contributed by atoms with E-state index in [1.807, 2.05) is 25.1 Å². The van der Waals surface area contributed by atoms with E-state index in [2.05, 4.69) is 41.6 Å². The highest BCUT2D eigenvalue weighted by Crippen LogP contribution is 2.29. The number of carbonyl (C=O) groups is 1. The van der Waals surface area contributed by atoms with E-state index in [9.17, 15) is 4.79 Å². The van der Waals surface area contributed by atoms with Gasteiger partial charge in [-0.25, -0.2) is 0 Å². The molecule has 0 saturated carbocycles. The van der Waals surface area contributed by atoms with Crippen LogP contribution in [0.15, 0.2) is 35.7 Å². The lowest BCUT2D eigenvalue weighted by Crippen LogP contribution is -2.48. The second-order valence-corrected chi connectivity index (χ2v) is 7.65. The molecule has 0 spiro atoms. The highest BCUT2D eigenvalue weighted by atomic mass is 32.1. The Kier molecular flexibility index (Phi) is 5.89. The van der Waals surface area contributed by atoms with Gasteiger partial charge in [-0.1, -0.05) is 12.1 Å². The van der Waals surface area contributed by atoms with Crippen molar-refractivity contribution in [3.63, 3.8) is 0 Å². The zero-order valence-corrected chi connectivity index (χ0v) is 15.9. The Balaban J connectivity index is 1.76. The number of nitrogens with zero attached hydrogens (tertiary/aromatic N) is 1. The second kappa shape index (κ2) is 8.13. The molecule has 25 heavy (non-hydrogen) atoms. The third-order valence-corrected chi connectivity index (χ3v) is 5.82. The van der Waals surface area contributed by atoms with Crippen LogP contribution in [0.1, 0.15) is 39.3 Å². The number of rotatable bonds is 5. The quantitative estimate of drug-likeness (QED) is 0.889. The largest absolute Gasteiger partial charge is 0.379 e. The summed E-state index contributed by atoms with van der Waals surface area (Å²) in [5, 5.41) is 5.31. The summed E-state index contributed by atoms with van der Waals surface area (Å²) in [6, 6.07) is 10.3. The van der Waals surface area contributed by atoms with Gasteiger partial charge in [-0.05, 0) is 55.5 Å². The van der Waals surface area contributed by atoms with Crippen LogP contribution in [0.4, 0.5) is 0 Å². The molecule has 3 rings (SSSR count). The molecular weight excluding hydrogens is 332 g/mol. The molecule has 1 aliphatic heterocycles. The minimum absolute atomic E-state index is 0.00887. The van der Waals surface area contributed by atoms with Crippen molar-refractivity contribution in [2.45, 2.75) is 32.9 Å². The molecule has 0 radical (unpaired) electrons. The van der Waals surface area contributed by atoms with Crippen molar-refractivity contribution >= 4 is 17.2 Å². The average molecular weight is 359 g/mol. The molecular formula is C20H26N2O2S. The maximum absolute atomic E-state index is 12.7. The zero-order valence-electron chi connectivity index (χ0n) is 15.1. The van der Waals surface area contributed by atoms with Gasteiger partial charge < -0.3 is 10.1 Å². The Morgan fingerprint density at radius 3 is 2.60 bits per heavy atom. The summed E-state index contributed by atoms with van der Waals surface area (Å²) in [7, 11) is 0. The minimum atomic E-state index is -0.00887. The van der Waals surface area contributed by atoms with Crippen molar-refractivity contribution in [2.75, 3.05) is 26.3 Å². The number of ether oxygens (including phenoxy) is 1. The van der Waals surface area contributed by atoms with E-state index in [4.69, 9.17) is 4.74 Å². The van der Waals surface area contributed by atoms with Crippen molar-refractivity contribution in [1.82, 2.24) is 10.2 Å². The number of hydrogen-bond acceptors (Lipinski definition) is 4. The van der Waals surface area contributed by atoms with Crippen LogP contribution in [0.3, 0.4) is 0 Å². The predicted octanol–water partition coefficient (Wildman–Crippen LogP) is 3.56. The third-order valence-electron chi connectivity index (χ3n) is 4.88. The number of thiophene rings is 1. The van der Waals surface area contributed by atoms with E-state index in [1.54, 1.807) is 11.3 Å².